The summed E-state index contributed by atoms with van der Waals surface area (Å²) in [5, 5.41) is 3.04. The Balaban J connectivity index is 1.69. The van der Waals surface area contributed by atoms with Gasteiger partial charge >= 0.3 is 0 Å². The molecule has 14 heteroatoms. The highest BCUT2D eigenvalue weighted by Crippen LogP contribution is 2.44. The lowest BCUT2D eigenvalue weighted by atomic mass is 9.80. The molecule has 3 N–H and O–H groups in total. The fourth-order valence-corrected chi connectivity index (χ4v) is 6.88. The third-order valence-electron chi connectivity index (χ3n) is 7.36. The molecule has 1 aromatic heterocycles. The summed E-state index contributed by atoms with van der Waals surface area (Å²) in [7, 11) is -8.41. The Labute approximate surface area is 255 Å². The van der Waals surface area contributed by atoms with Gasteiger partial charge in [0.2, 0.25) is 0 Å². The lowest BCUT2D eigenvalue weighted by Gasteiger charge is -2.26. The number of nitrogens with one attached hydrogen (secondary N) is 1. The maximum absolute atomic E-state index is 14.1. The van der Waals surface area contributed by atoms with Crippen molar-refractivity contribution in [2.75, 3.05) is 5.32 Å². The van der Waals surface area contributed by atoms with E-state index < -0.39 is 47.2 Å². The lowest BCUT2D eigenvalue weighted by Crippen LogP contribution is -2.29. The third-order valence-corrected chi connectivity index (χ3v) is 9.39. The van der Waals surface area contributed by atoms with Gasteiger partial charge in [0.1, 0.15) is 4.90 Å². The zero-order valence-electron chi connectivity index (χ0n) is 22.5. The quantitative estimate of drug-likeness (QED) is 0.114. The van der Waals surface area contributed by atoms with E-state index in [1.54, 1.807) is 36.4 Å². The van der Waals surface area contributed by atoms with E-state index in [9.17, 15) is 40.3 Å². The van der Waals surface area contributed by atoms with E-state index in [1.165, 1.54) is 35.9 Å². The van der Waals surface area contributed by atoms with Crippen molar-refractivity contribution in [1.29, 1.82) is 0 Å². The van der Waals surface area contributed by atoms with Gasteiger partial charge in [-0.25, -0.2) is 0 Å². The van der Waals surface area contributed by atoms with Crippen molar-refractivity contribution < 1.29 is 35.5 Å². The Morgan fingerprint density at radius 1 is 0.795 bits per heavy atom. The normalized spacial score (nSPS) is 12.7. The van der Waals surface area contributed by atoms with Crippen LogP contribution in [0, 0.1) is 0 Å². The van der Waals surface area contributed by atoms with Crippen molar-refractivity contribution in [3.63, 3.8) is 0 Å². The van der Waals surface area contributed by atoms with Crippen molar-refractivity contribution in [3.05, 3.63) is 111 Å². The summed E-state index contributed by atoms with van der Waals surface area (Å²) in [6, 6.07) is 18.2. The Morgan fingerprint density at radius 3 is 2.14 bits per heavy atom. The van der Waals surface area contributed by atoms with Gasteiger partial charge in [-0.05, 0) is 48.0 Å². The van der Waals surface area contributed by atoms with Crippen molar-refractivity contribution in [3.8, 4) is 11.1 Å². The van der Waals surface area contributed by atoms with E-state index in [4.69, 9.17) is 0 Å². The van der Waals surface area contributed by atoms with E-state index in [-0.39, 0.29) is 44.6 Å². The van der Waals surface area contributed by atoms with Crippen molar-refractivity contribution >= 4 is 66.7 Å². The topological polar surface area (TPSA) is 177 Å². The van der Waals surface area contributed by atoms with Crippen LogP contribution in [-0.4, -0.2) is 42.1 Å². The molecule has 4 aromatic carbocycles. The number of pyridine rings is 1. The number of carbonyl (C=O) groups excluding carboxylic acids is 2. The minimum Gasteiger partial charge on any atom is -0.354 e. The van der Waals surface area contributed by atoms with Crippen LogP contribution < -0.4 is 10.9 Å². The Morgan fingerprint density at radius 2 is 1.48 bits per heavy atom. The first kappa shape index (κ1) is 29.5. The van der Waals surface area contributed by atoms with Gasteiger partial charge in [-0.15, -0.1) is 12.6 Å². The van der Waals surface area contributed by atoms with Gasteiger partial charge in [0.15, 0.2) is 11.6 Å². The van der Waals surface area contributed by atoms with Crippen LogP contribution in [0.25, 0.3) is 22.0 Å². The molecule has 0 aliphatic heterocycles. The number of fused-ring (bicyclic) bond motifs is 2. The lowest BCUT2D eigenvalue weighted by molar-refractivity contribution is 0.102. The summed E-state index contributed by atoms with van der Waals surface area (Å²) in [4.78, 5) is 40.6. The molecule has 1 aliphatic carbocycles. The molecule has 1 heterocycles. The van der Waals surface area contributed by atoms with Crippen LogP contribution in [-0.2, 0) is 27.3 Å². The minimum absolute atomic E-state index is 0.00365. The number of ketones is 2. The molecule has 0 saturated heterocycles. The standard InChI is InChI=1S/C30H20N2O9S3/c1-32-22-12-11-21(31-20-10-9-17(43(36,37)38)14-23(20)44(39,40)41)25-26(22)24(18-7-2-3-8-19(18)29(25)34)27(30(32)35)28(33)15-5-4-6-16(42)13-15/h2-14,31,42H,1H3,(H,36,37,38)(H,39,40,41). The fraction of sp³-hybridized carbons (Fsp3) is 0.0333. The first-order valence-corrected chi connectivity index (χ1v) is 16.0. The molecule has 0 bridgehead atoms. The number of aromatic nitrogens is 1. The number of nitrogens with zero attached hydrogens (tertiary/aromatic N) is 1. The van der Waals surface area contributed by atoms with Crippen LogP contribution in [0.3, 0.4) is 0 Å². The second kappa shape index (κ2) is 10.2. The van der Waals surface area contributed by atoms with Gasteiger partial charge in [0, 0.05) is 34.0 Å². The number of aryl methyl sites for hydroxylation is 1. The number of anilines is 2. The maximum Gasteiger partial charge on any atom is 0.296 e. The molecular formula is C30H20N2O9S3. The molecule has 0 radical (unpaired) electrons. The molecule has 222 valence electrons. The van der Waals surface area contributed by atoms with E-state index in [0.29, 0.717) is 22.0 Å². The molecule has 0 amide bonds. The average Bonchev–Trinajstić information content (AvgIpc) is 2.97. The zero-order chi connectivity index (χ0) is 31.7. The minimum atomic E-state index is -5.04. The van der Waals surface area contributed by atoms with Crippen LogP contribution in [0.2, 0.25) is 0 Å². The number of hydrogen-bond acceptors (Lipinski definition) is 9. The monoisotopic (exact) mass is 648 g/mol. The first-order valence-electron chi connectivity index (χ1n) is 12.7. The number of rotatable bonds is 6. The Kier molecular flexibility index (Phi) is 6.86. The predicted molar refractivity (Wildman–Crippen MR) is 165 cm³/mol. The van der Waals surface area contributed by atoms with E-state index in [0.717, 1.165) is 12.1 Å². The molecule has 0 spiro atoms. The van der Waals surface area contributed by atoms with Gasteiger partial charge in [-0.3, -0.25) is 23.5 Å². The molecule has 44 heavy (non-hydrogen) atoms. The number of benzene rings is 4. The van der Waals surface area contributed by atoms with Gasteiger partial charge in [-0.2, -0.15) is 16.8 Å². The molecule has 0 unspecified atom stereocenters. The van der Waals surface area contributed by atoms with Crippen LogP contribution >= 0.6 is 12.6 Å². The molecule has 11 nitrogen and oxygen atoms in total. The second-order valence-electron chi connectivity index (χ2n) is 9.98. The SMILES string of the molecule is Cn1c(=O)c(C(=O)c2cccc(S)c2)c2c3c(c(Nc4ccc(S(=O)(=O)O)cc4S(=O)(=O)O)ccc31)C(=O)c1ccccc1-2. The predicted octanol–water partition coefficient (Wildman–Crippen LogP) is 4.51. The summed E-state index contributed by atoms with van der Waals surface area (Å²) in [5.41, 5.74) is 0.196. The van der Waals surface area contributed by atoms with Crippen molar-refractivity contribution in [2.24, 2.45) is 7.05 Å². The largest absolute Gasteiger partial charge is 0.354 e. The fourth-order valence-electron chi connectivity index (χ4n) is 5.40. The highest BCUT2D eigenvalue weighted by atomic mass is 32.2. The highest BCUT2D eigenvalue weighted by Gasteiger charge is 2.34. The molecule has 6 rings (SSSR count). The Hall–Kier alpha value is -4.60. The third kappa shape index (κ3) is 4.73. The molecule has 1 aliphatic rings. The smallest absolute Gasteiger partial charge is 0.296 e. The summed E-state index contributed by atoms with van der Waals surface area (Å²) >= 11 is 4.31. The molecule has 0 fully saturated rings. The average molecular weight is 649 g/mol. The van der Waals surface area contributed by atoms with Gasteiger partial charge in [0.05, 0.1) is 32.9 Å². The summed E-state index contributed by atoms with van der Waals surface area (Å²) in [5.74, 6) is -1.10. The molecule has 0 saturated carbocycles. The van der Waals surface area contributed by atoms with E-state index in [1.807, 2.05) is 0 Å². The Bertz CT molecular complexity index is 2400. The van der Waals surface area contributed by atoms with Gasteiger partial charge in [0.25, 0.3) is 25.8 Å². The zero-order valence-corrected chi connectivity index (χ0v) is 25.0. The van der Waals surface area contributed by atoms with Crippen LogP contribution in [0.1, 0.15) is 31.8 Å². The van der Waals surface area contributed by atoms with Crippen LogP contribution in [0.15, 0.2) is 98.3 Å². The van der Waals surface area contributed by atoms with Crippen LogP contribution in [0.4, 0.5) is 11.4 Å². The highest BCUT2D eigenvalue weighted by molar-refractivity contribution is 7.86. The summed E-state index contributed by atoms with van der Waals surface area (Å²) in [6.07, 6.45) is 0. The summed E-state index contributed by atoms with van der Waals surface area (Å²) in [6.45, 7) is 0. The van der Waals surface area contributed by atoms with Gasteiger partial charge in [-0.1, -0.05) is 36.4 Å². The number of carbonyl (C=O) groups is 2. The number of thiol groups is 1. The van der Waals surface area contributed by atoms with Crippen molar-refractivity contribution in [2.45, 2.75) is 14.7 Å². The number of hydrogen-bond donors (Lipinski definition) is 4. The second-order valence-corrected chi connectivity index (χ2v) is 13.3. The summed E-state index contributed by atoms with van der Waals surface area (Å²) < 4.78 is 68.3. The molecule has 5 aromatic rings. The first-order chi connectivity index (χ1) is 20.7. The van der Waals surface area contributed by atoms with Crippen LogP contribution in [0.5, 0.6) is 0 Å². The van der Waals surface area contributed by atoms with Gasteiger partial charge < -0.3 is 9.88 Å². The van der Waals surface area contributed by atoms with E-state index >= 15 is 0 Å². The molecular weight excluding hydrogens is 629 g/mol. The van der Waals surface area contributed by atoms with Crippen molar-refractivity contribution in [1.82, 2.24) is 4.57 Å². The van der Waals surface area contributed by atoms with E-state index in [2.05, 4.69) is 17.9 Å². The maximum atomic E-state index is 14.1. The molecule has 0 atom stereocenters.